The second-order valence-corrected chi connectivity index (χ2v) is 10.2. The SMILES string of the molecule is CCCCCN1C(=O)NC(=O)[C@@]2(Cc3c(nc4c(C)cccn4c3=O)N3CCc4ccccc4[C@H]32)C1=O. The second kappa shape index (κ2) is 8.54. The minimum Gasteiger partial charge on any atom is -0.347 e. The summed E-state index contributed by atoms with van der Waals surface area (Å²) < 4.78 is 1.48. The highest BCUT2D eigenvalue weighted by Crippen LogP contribution is 2.52. The molecule has 1 spiro atoms. The van der Waals surface area contributed by atoms with Gasteiger partial charge in [-0.3, -0.25) is 29.0 Å². The number of carbonyl (C=O) groups excluding carboxylic acids is 3. The molecule has 6 rings (SSSR count). The lowest BCUT2D eigenvalue weighted by Crippen LogP contribution is -2.70. The number of hydrogen-bond donors (Lipinski definition) is 1. The minimum absolute atomic E-state index is 0.122. The van der Waals surface area contributed by atoms with Crippen LogP contribution in [0.1, 0.15) is 54.5 Å². The molecule has 3 aliphatic heterocycles. The Hall–Kier alpha value is -4.01. The third kappa shape index (κ3) is 3.26. The van der Waals surface area contributed by atoms with Crippen LogP contribution in [0.5, 0.6) is 0 Å². The van der Waals surface area contributed by atoms with Crippen molar-refractivity contribution < 1.29 is 14.4 Å². The number of hydrogen-bond acceptors (Lipinski definition) is 6. The summed E-state index contributed by atoms with van der Waals surface area (Å²) in [6, 6.07) is 10.1. The van der Waals surface area contributed by atoms with E-state index < -0.39 is 29.3 Å². The van der Waals surface area contributed by atoms with Crippen LogP contribution in [0, 0.1) is 12.3 Å². The van der Waals surface area contributed by atoms with Gasteiger partial charge in [-0.1, -0.05) is 50.1 Å². The first-order valence-electron chi connectivity index (χ1n) is 12.9. The van der Waals surface area contributed by atoms with E-state index in [1.807, 2.05) is 49.1 Å². The molecule has 2 aromatic heterocycles. The third-order valence-electron chi connectivity index (χ3n) is 8.08. The van der Waals surface area contributed by atoms with Crippen molar-refractivity contribution in [1.82, 2.24) is 19.6 Å². The summed E-state index contributed by atoms with van der Waals surface area (Å²) in [7, 11) is 0. The van der Waals surface area contributed by atoms with E-state index >= 15 is 0 Å². The number of aryl methyl sites for hydroxylation is 1. The molecule has 1 saturated heterocycles. The van der Waals surface area contributed by atoms with Crippen LogP contribution in [0.4, 0.5) is 10.6 Å². The van der Waals surface area contributed by atoms with Gasteiger partial charge in [-0.2, -0.15) is 0 Å². The summed E-state index contributed by atoms with van der Waals surface area (Å²) in [5.41, 5.74) is 1.68. The Morgan fingerprint density at radius 3 is 2.70 bits per heavy atom. The largest absolute Gasteiger partial charge is 0.347 e. The van der Waals surface area contributed by atoms with Crippen LogP contribution in [0.3, 0.4) is 0 Å². The van der Waals surface area contributed by atoms with Gasteiger partial charge in [-0.25, -0.2) is 9.78 Å². The summed E-state index contributed by atoms with van der Waals surface area (Å²) in [5.74, 6) is -0.678. The Morgan fingerprint density at radius 2 is 1.89 bits per heavy atom. The molecule has 3 aromatic rings. The van der Waals surface area contributed by atoms with Crippen LogP contribution in [-0.4, -0.2) is 45.2 Å². The summed E-state index contributed by atoms with van der Waals surface area (Å²) in [6.45, 7) is 4.67. The lowest BCUT2D eigenvalue weighted by atomic mass is 9.65. The summed E-state index contributed by atoms with van der Waals surface area (Å²) in [6.07, 6.45) is 4.66. The summed E-state index contributed by atoms with van der Waals surface area (Å²) in [4.78, 5) is 62.9. The van der Waals surface area contributed by atoms with E-state index in [0.29, 0.717) is 36.4 Å². The van der Waals surface area contributed by atoms with E-state index in [4.69, 9.17) is 4.98 Å². The van der Waals surface area contributed by atoms with Gasteiger partial charge < -0.3 is 4.90 Å². The van der Waals surface area contributed by atoms with Crippen molar-refractivity contribution in [2.45, 2.75) is 52.0 Å². The molecule has 9 heteroatoms. The topological polar surface area (TPSA) is 104 Å². The summed E-state index contributed by atoms with van der Waals surface area (Å²) >= 11 is 0. The van der Waals surface area contributed by atoms with Gasteiger partial charge in [0.15, 0.2) is 5.41 Å². The van der Waals surface area contributed by atoms with Gasteiger partial charge in [0, 0.05) is 25.7 Å². The molecule has 4 amide bonds. The van der Waals surface area contributed by atoms with Gasteiger partial charge in [0.1, 0.15) is 11.5 Å². The molecule has 0 saturated carbocycles. The highest BCUT2D eigenvalue weighted by Gasteiger charge is 2.64. The minimum atomic E-state index is -1.66. The average molecular weight is 500 g/mol. The number of aromatic nitrogens is 2. The molecule has 0 bridgehead atoms. The Balaban J connectivity index is 1.61. The van der Waals surface area contributed by atoms with E-state index in [1.165, 1.54) is 9.30 Å². The maximum absolute atomic E-state index is 14.3. The Kier molecular flexibility index (Phi) is 5.40. The summed E-state index contributed by atoms with van der Waals surface area (Å²) in [5, 5.41) is 2.48. The first kappa shape index (κ1) is 23.4. The van der Waals surface area contributed by atoms with E-state index in [2.05, 4.69) is 5.32 Å². The number of nitrogens with one attached hydrogen (secondary N) is 1. The lowest BCUT2D eigenvalue weighted by molar-refractivity contribution is -0.154. The predicted octanol–water partition coefficient (Wildman–Crippen LogP) is 2.92. The van der Waals surface area contributed by atoms with E-state index in [-0.39, 0.29) is 18.5 Å². The van der Waals surface area contributed by atoms with Crippen molar-refractivity contribution in [3.05, 3.63) is 75.2 Å². The van der Waals surface area contributed by atoms with E-state index in [1.54, 1.807) is 12.3 Å². The smallest absolute Gasteiger partial charge is 0.330 e. The molecule has 2 atom stereocenters. The Morgan fingerprint density at radius 1 is 1.08 bits per heavy atom. The number of pyridine rings is 1. The molecule has 190 valence electrons. The zero-order chi connectivity index (χ0) is 25.9. The van der Waals surface area contributed by atoms with Crippen molar-refractivity contribution in [2.24, 2.45) is 5.41 Å². The number of barbiturate groups is 1. The molecule has 0 radical (unpaired) electrons. The quantitative estimate of drug-likeness (QED) is 0.437. The second-order valence-electron chi connectivity index (χ2n) is 10.2. The molecular weight excluding hydrogens is 470 g/mol. The maximum Gasteiger partial charge on any atom is 0.330 e. The number of fused-ring (bicyclic) bond motifs is 7. The molecule has 9 nitrogen and oxygen atoms in total. The molecule has 0 aliphatic carbocycles. The highest BCUT2D eigenvalue weighted by atomic mass is 16.2. The van der Waals surface area contributed by atoms with Gasteiger partial charge in [-0.15, -0.1) is 0 Å². The number of nitrogens with zero attached hydrogens (tertiary/aromatic N) is 4. The van der Waals surface area contributed by atoms with Gasteiger partial charge in [0.2, 0.25) is 11.8 Å². The number of carbonyl (C=O) groups is 3. The first-order chi connectivity index (χ1) is 17.9. The Labute approximate surface area is 214 Å². The van der Waals surface area contributed by atoms with Crippen LogP contribution in [-0.2, 0) is 22.4 Å². The molecular formula is C28H29N5O4. The van der Waals surface area contributed by atoms with Crippen LogP contribution in [0.15, 0.2) is 47.4 Å². The van der Waals surface area contributed by atoms with Gasteiger partial charge in [-0.05, 0) is 42.5 Å². The molecule has 37 heavy (non-hydrogen) atoms. The standard InChI is InChI=1S/C28H29N5O4/c1-3-4-7-13-33-26(36)28(25(35)30-27(33)37)16-20-23(29-22-17(2)9-8-14-32(22)24(20)34)31-15-12-18-10-5-6-11-19(18)21(28)31/h5-6,8-11,14,21H,3-4,7,12-13,15-16H2,1-2H3,(H,30,35,37)/t21-,28-/m0/s1. The van der Waals surface area contributed by atoms with Crippen molar-refractivity contribution >= 4 is 29.3 Å². The molecule has 1 aromatic carbocycles. The van der Waals surface area contributed by atoms with Crippen LogP contribution < -0.4 is 15.8 Å². The monoisotopic (exact) mass is 499 g/mol. The van der Waals surface area contributed by atoms with Crippen LogP contribution >= 0.6 is 0 Å². The zero-order valence-corrected chi connectivity index (χ0v) is 21.0. The van der Waals surface area contributed by atoms with E-state index in [0.717, 1.165) is 29.5 Å². The molecule has 3 aliphatic rings. The first-order valence-corrected chi connectivity index (χ1v) is 12.9. The van der Waals surface area contributed by atoms with Gasteiger partial charge >= 0.3 is 6.03 Å². The number of anilines is 1. The predicted molar refractivity (Wildman–Crippen MR) is 137 cm³/mol. The molecule has 0 unspecified atom stereocenters. The third-order valence-corrected chi connectivity index (χ3v) is 8.08. The number of urea groups is 1. The fraction of sp³-hybridized carbons (Fsp3) is 0.393. The number of unbranched alkanes of at least 4 members (excludes halogenated alkanes) is 2. The molecule has 1 N–H and O–H groups in total. The molecule has 1 fully saturated rings. The van der Waals surface area contributed by atoms with Crippen LogP contribution in [0.25, 0.3) is 5.65 Å². The van der Waals surface area contributed by atoms with Crippen molar-refractivity contribution in [3.8, 4) is 0 Å². The normalized spacial score (nSPS) is 22.6. The van der Waals surface area contributed by atoms with Crippen molar-refractivity contribution in [2.75, 3.05) is 18.0 Å². The van der Waals surface area contributed by atoms with E-state index in [9.17, 15) is 19.2 Å². The number of imide groups is 2. The Bertz CT molecular complexity index is 1530. The van der Waals surface area contributed by atoms with Crippen molar-refractivity contribution in [1.29, 1.82) is 0 Å². The number of benzene rings is 1. The fourth-order valence-corrected chi connectivity index (χ4v) is 6.24. The van der Waals surface area contributed by atoms with Gasteiger partial charge in [0.05, 0.1) is 11.6 Å². The number of amides is 4. The number of rotatable bonds is 4. The maximum atomic E-state index is 14.3. The lowest BCUT2D eigenvalue weighted by Gasteiger charge is -2.53. The zero-order valence-electron chi connectivity index (χ0n) is 21.0. The highest BCUT2D eigenvalue weighted by molar-refractivity contribution is 6.20. The van der Waals surface area contributed by atoms with Gasteiger partial charge in [0.25, 0.3) is 5.56 Å². The molecule has 5 heterocycles. The van der Waals surface area contributed by atoms with Crippen molar-refractivity contribution in [3.63, 3.8) is 0 Å². The fourth-order valence-electron chi connectivity index (χ4n) is 6.24. The van der Waals surface area contributed by atoms with Crippen LogP contribution in [0.2, 0.25) is 0 Å². The average Bonchev–Trinajstić information content (AvgIpc) is 2.90.